The third kappa shape index (κ3) is 4.97. The van der Waals surface area contributed by atoms with E-state index < -0.39 is 10.0 Å². The zero-order chi connectivity index (χ0) is 25.3. The van der Waals surface area contributed by atoms with Crippen LogP contribution in [-0.4, -0.2) is 63.1 Å². The fourth-order valence-electron chi connectivity index (χ4n) is 4.64. The third-order valence-corrected chi connectivity index (χ3v) is 10.1. The van der Waals surface area contributed by atoms with Crippen molar-refractivity contribution in [2.24, 2.45) is 0 Å². The van der Waals surface area contributed by atoms with E-state index in [2.05, 4.69) is 0 Å². The van der Waals surface area contributed by atoms with Crippen LogP contribution in [0.1, 0.15) is 42.5 Å². The van der Waals surface area contributed by atoms with Gasteiger partial charge in [-0.25, -0.2) is 13.4 Å². The third-order valence-electron chi connectivity index (χ3n) is 6.61. The summed E-state index contributed by atoms with van der Waals surface area (Å²) in [4.78, 5) is 20.2. The monoisotopic (exact) mass is 549 g/mol. The number of rotatable bonds is 7. The summed E-state index contributed by atoms with van der Waals surface area (Å²) in [5, 5.41) is 1.02. The van der Waals surface area contributed by atoms with E-state index in [9.17, 15) is 13.2 Å². The van der Waals surface area contributed by atoms with Gasteiger partial charge in [0.05, 0.1) is 34.4 Å². The van der Waals surface area contributed by atoms with E-state index >= 15 is 0 Å². The number of methoxy groups -OCH3 is 1. The first-order valence-corrected chi connectivity index (χ1v) is 14.7. The Bertz CT molecular complexity index is 1350. The van der Waals surface area contributed by atoms with Crippen molar-refractivity contribution in [2.45, 2.75) is 43.1 Å². The maximum absolute atomic E-state index is 13.7. The Hall–Kier alpha value is -2.24. The Morgan fingerprint density at radius 2 is 1.92 bits per heavy atom. The average molecular weight is 550 g/mol. The zero-order valence-electron chi connectivity index (χ0n) is 20.0. The number of anilines is 1. The van der Waals surface area contributed by atoms with E-state index in [0.29, 0.717) is 53.2 Å². The van der Waals surface area contributed by atoms with Gasteiger partial charge in [0.1, 0.15) is 11.3 Å². The van der Waals surface area contributed by atoms with Crippen molar-refractivity contribution in [1.82, 2.24) is 9.29 Å². The smallest absolute Gasteiger partial charge is 0.260 e. The van der Waals surface area contributed by atoms with Gasteiger partial charge in [0.25, 0.3) is 5.91 Å². The molecule has 0 N–H and O–H groups in total. The lowest BCUT2D eigenvalue weighted by atomic mass is 10.2. The molecule has 1 amide bonds. The summed E-state index contributed by atoms with van der Waals surface area (Å²) in [6.07, 6.45) is 4.47. The van der Waals surface area contributed by atoms with Crippen LogP contribution < -0.4 is 9.64 Å². The number of ether oxygens (including phenoxy) is 2. The quantitative estimate of drug-likeness (QED) is 0.414. The molecule has 2 saturated heterocycles. The second-order valence-corrected chi connectivity index (χ2v) is 12.3. The highest BCUT2D eigenvalue weighted by molar-refractivity contribution is 7.89. The first-order chi connectivity index (χ1) is 17.4. The maximum atomic E-state index is 13.7. The molecule has 0 bridgehead atoms. The van der Waals surface area contributed by atoms with Gasteiger partial charge in [-0.3, -0.25) is 9.69 Å². The van der Waals surface area contributed by atoms with Crippen LogP contribution in [0, 0.1) is 0 Å². The molecule has 0 spiro atoms. The lowest BCUT2D eigenvalue weighted by Crippen LogP contribution is -2.37. The van der Waals surface area contributed by atoms with Crippen molar-refractivity contribution in [1.29, 1.82) is 0 Å². The molecule has 2 aliphatic rings. The Labute approximate surface area is 219 Å². The van der Waals surface area contributed by atoms with E-state index in [1.165, 1.54) is 27.8 Å². The summed E-state index contributed by atoms with van der Waals surface area (Å²) in [5.41, 5.74) is 0.973. The number of sulfonamides is 1. The Kier molecular flexibility index (Phi) is 7.50. The Morgan fingerprint density at radius 1 is 1.17 bits per heavy atom. The first kappa shape index (κ1) is 25.4. The maximum Gasteiger partial charge on any atom is 0.260 e. The lowest BCUT2D eigenvalue weighted by molar-refractivity contribution is 0.0917. The van der Waals surface area contributed by atoms with Gasteiger partial charge < -0.3 is 9.47 Å². The topological polar surface area (TPSA) is 89.0 Å². The first-order valence-electron chi connectivity index (χ1n) is 12.0. The second-order valence-electron chi connectivity index (χ2n) is 8.96. The molecule has 3 aromatic rings. The summed E-state index contributed by atoms with van der Waals surface area (Å²) in [7, 11) is -2.01. The Morgan fingerprint density at radius 3 is 2.58 bits per heavy atom. The molecule has 0 aliphatic carbocycles. The van der Waals surface area contributed by atoms with E-state index in [1.54, 1.807) is 36.3 Å². The number of nitrogens with zero attached hydrogens (tertiary/aromatic N) is 3. The molecule has 3 heterocycles. The van der Waals surface area contributed by atoms with Crippen LogP contribution in [0.15, 0.2) is 41.3 Å². The number of amides is 1. The highest BCUT2D eigenvalue weighted by Gasteiger charge is 2.29. The number of hydrogen-bond acceptors (Lipinski definition) is 7. The highest BCUT2D eigenvalue weighted by Crippen LogP contribution is 2.39. The van der Waals surface area contributed by atoms with Gasteiger partial charge in [0.15, 0.2) is 5.13 Å². The average Bonchev–Trinajstić information content (AvgIpc) is 3.58. The van der Waals surface area contributed by atoms with E-state index in [0.717, 1.165) is 36.8 Å². The molecule has 192 valence electrons. The summed E-state index contributed by atoms with van der Waals surface area (Å²) in [6.45, 7) is 2.06. The van der Waals surface area contributed by atoms with Gasteiger partial charge in [-0.05, 0) is 62.1 Å². The summed E-state index contributed by atoms with van der Waals surface area (Å²) >= 11 is 7.74. The minimum Gasteiger partial charge on any atom is -0.494 e. The van der Waals surface area contributed by atoms with Crippen molar-refractivity contribution in [2.75, 3.05) is 38.3 Å². The van der Waals surface area contributed by atoms with Crippen molar-refractivity contribution in [3.05, 3.63) is 47.0 Å². The second kappa shape index (κ2) is 10.6. The number of halogens is 1. The van der Waals surface area contributed by atoms with Crippen LogP contribution in [0.4, 0.5) is 5.13 Å². The molecule has 8 nitrogen and oxygen atoms in total. The van der Waals surface area contributed by atoms with Crippen molar-refractivity contribution < 1.29 is 22.7 Å². The van der Waals surface area contributed by atoms with Gasteiger partial charge >= 0.3 is 0 Å². The number of carbonyl (C=O) groups is 1. The summed E-state index contributed by atoms with van der Waals surface area (Å²) in [5.74, 6) is 0.301. The number of benzene rings is 2. The van der Waals surface area contributed by atoms with Crippen molar-refractivity contribution >= 4 is 54.2 Å². The molecule has 5 rings (SSSR count). The number of carbonyl (C=O) groups excluding carboxylic acids is 1. The van der Waals surface area contributed by atoms with Gasteiger partial charge in [-0.2, -0.15) is 4.31 Å². The summed E-state index contributed by atoms with van der Waals surface area (Å²) < 4.78 is 39.6. The molecule has 2 fully saturated rings. The fourth-order valence-corrected chi connectivity index (χ4v) is 7.42. The molecule has 1 aromatic heterocycles. The highest BCUT2D eigenvalue weighted by atomic mass is 35.5. The van der Waals surface area contributed by atoms with Crippen molar-refractivity contribution in [3.8, 4) is 5.75 Å². The molecule has 36 heavy (non-hydrogen) atoms. The molecule has 2 aromatic carbocycles. The predicted octanol–water partition coefficient (Wildman–Crippen LogP) is 4.96. The number of fused-ring (bicyclic) bond motifs is 1. The van der Waals surface area contributed by atoms with Gasteiger partial charge in [-0.15, -0.1) is 0 Å². The number of aromatic nitrogens is 1. The number of hydrogen-bond donors (Lipinski definition) is 0. The van der Waals surface area contributed by atoms with Gasteiger partial charge in [0, 0.05) is 25.3 Å². The minimum absolute atomic E-state index is 0.0999. The molecule has 1 unspecified atom stereocenters. The molecule has 1 atom stereocenters. The van der Waals surface area contributed by atoms with Crippen LogP contribution in [-0.2, 0) is 14.8 Å². The molecule has 0 saturated carbocycles. The molecular weight excluding hydrogens is 522 g/mol. The number of thiazole rings is 1. The van der Waals surface area contributed by atoms with Crippen LogP contribution in [0.2, 0.25) is 5.02 Å². The van der Waals surface area contributed by atoms with Crippen molar-refractivity contribution in [3.63, 3.8) is 0 Å². The Balaban J connectivity index is 1.47. The summed E-state index contributed by atoms with van der Waals surface area (Å²) in [6, 6.07) is 9.67. The standard InChI is InChI=1S/C25H28ClN3O5S2/c1-33-21-12-11-20(26)23-22(21)27-25(35-23)29(16-18-6-5-15-34-18)24(30)17-7-9-19(10-8-17)36(31,32)28-13-3-2-4-14-28/h7-12,18H,2-6,13-16H2,1H3. The van der Waals surface area contributed by atoms with Gasteiger partial charge in [0.2, 0.25) is 10.0 Å². The SMILES string of the molecule is COc1ccc(Cl)c2sc(N(CC3CCCO3)C(=O)c3ccc(S(=O)(=O)N4CCCCC4)cc3)nc12. The predicted molar refractivity (Wildman–Crippen MR) is 141 cm³/mol. The van der Waals surface area contributed by atoms with Crippen LogP contribution in [0.25, 0.3) is 10.2 Å². The fraction of sp³-hybridized carbons (Fsp3) is 0.440. The van der Waals surface area contributed by atoms with E-state index in [-0.39, 0.29) is 16.9 Å². The van der Waals surface area contributed by atoms with E-state index in [4.69, 9.17) is 26.1 Å². The van der Waals surface area contributed by atoms with Gasteiger partial charge in [-0.1, -0.05) is 29.4 Å². The van der Waals surface area contributed by atoms with Crippen LogP contribution >= 0.6 is 22.9 Å². The number of piperidine rings is 1. The van der Waals surface area contributed by atoms with Crippen LogP contribution in [0.5, 0.6) is 5.75 Å². The molecule has 11 heteroatoms. The van der Waals surface area contributed by atoms with E-state index in [1.807, 2.05) is 0 Å². The molecule has 0 radical (unpaired) electrons. The zero-order valence-corrected chi connectivity index (χ0v) is 22.4. The molecular formula is C25H28ClN3O5S2. The lowest BCUT2D eigenvalue weighted by Gasteiger charge is -2.26. The van der Waals surface area contributed by atoms with Crippen LogP contribution in [0.3, 0.4) is 0 Å². The normalized spacial score (nSPS) is 19.0. The molecule has 2 aliphatic heterocycles. The largest absolute Gasteiger partial charge is 0.494 e. The minimum atomic E-state index is -3.58.